The van der Waals surface area contributed by atoms with Crippen molar-refractivity contribution in [3.8, 4) is 0 Å². The highest BCUT2D eigenvalue weighted by Gasteiger charge is 2.03. The molecule has 0 aromatic rings. The van der Waals surface area contributed by atoms with Gasteiger partial charge < -0.3 is 14.9 Å². The lowest BCUT2D eigenvalue weighted by atomic mass is 10.1. The van der Waals surface area contributed by atoms with E-state index in [-0.39, 0.29) is 12.6 Å². The summed E-state index contributed by atoms with van der Waals surface area (Å²) in [6.45, 7) is 5.36. The molecule has 0 aliphatic heterocycles. The SMILES string of the molecule is C=C(C)C(=O)OCCCCCCC(O)CO. The first kappa shape index (κ1) is 15.1. The van der Waals surface area contributed by atoms with Gasteiger partial charge in [-0.05, 0) is 19.8 Å². The third-order valence-corrected chi connectivity index (χ3v) is 2.22. The number of esters is 1. The summed E-state index contributed by atoms with van der Waals surface area (Å²) in [4.78, 5) is 11.0. The number of ether oxygens (including phenoxy) is 1. The van der Waals surface area contributed by atoms with Crippen molar-refractivity contribution in [2.75, 3.05) is 13.2 Å². The van der Waals surface area contributed by atoms with Gasteiger partial charge in [0.25, 0.3) is 0 Å². The molecule has 0 saturated heterocycles. The highest BCUT2D eigenvalue weighted by molar-refractivity contribution is 5.86. The third kappa shape index (κ3) is 8.44. The average molecular weight is 230 g/mol. The van der Waals surface area contributed by atoms with Crippen molar-refractivity contribution < 1.29 is 19.7 Å². The van der Waals surface area contributed by atoms with Crippen LogP contribution in [0.15, 0.2) is 12.2 Å². The molecule has 0 bridgehead atoms. The number of unbranched alkanes of at least 4 members (excludes halogenated alkanes) is 3. The predicted octanol–water partition coefficient (Wildman–Crippen LogP) is 1.41. The first-order chi connectivity index (χ1) is 7.57. The summed E-state index contributed by atoms with van der Waals surface area (Å²) in [6.07, 6.45) is 3.68. The molecule has 1 atom stereocenters. The molecule has 0 amide bonds. The van der Waals surface area contributed by atoms with Crippen LogP contribution in [0.1, 0.15) is 39.0 Å². The zero-order valence-corrected chi connectivity index (χ0v) is 9.95. The van der Waals surface area contributed by atoms with E-state index in [9.17, 15) is 4.79 Å². The molecule has 0 saturated carbocycles. The van der Waals surface area contributed by atoms with E-state index in [1.54, 1.807) is 6.92 Å². The van der Waals surface area contributed by atoms with Gasteiger partial charge in [0.2, 0.25) is 0 Å². The summed E-state index contributed by atoms with van der Waals surface area (Å²) in [5, 5.41) is 17.6. The molecule has 0 rings (SSSR count). The topological polar surface area (TPSA) is 66.8 Å². The summed E-state index contributed by atoms with van der Waals surface area (Å²) in [7, 11) is 0. The second kappa shape index (κ2) is 9.36. The molecule has 0 aliphatic rings. The lowest BCUT2D eigenvalue weighted by molar-refractivity contribution is -0.139. The van der Waals surface area contributed by atoms with Crippen LogP contribution in [0.2, 0.25) is 0 Å². The van der Waals surface area contributed by atoms with E-state index in [1.807, 2.05) is 0 Å². The predicted molar refractivity (Wildman–Crippen MR) is 62.0 cm³/mol. The van der Waals surface area contributed by atoms with E-state index in [2.05, 4.69) is 6.58 Å². The first-order valence-electron chi connectivity index (χ1n) is 5.69. The summed E-state index contributed by atoms with van der Waals surface area (Å²) >= 11 is 0. The lowest BCUT2D eigenvalue weighted by Gasteiger charge is -2.06. The fourth-order valence-corrected chi connectivity index (χ4v) is 1.21. The molecule has 16 heavy (non-hydrogen) atoms. The minimum absolute atomic E-state index is 0.170. The number of hydrogen-bond donors (Lipinski definition) is 2. The molecule has 2 N–H and O–H groups in total. The quantitative estimate of drug-likeness (QED) is 0.357. The summed E-state index contributed by atoms with van der Waals surface area (Å²) < 4.78 is 4.92. The number of carbonyl (C=O) groups excluding carboxylic acids is 1. The molecular weight excluding hydrogens is 208 g/mol. The van der Waals surface area contributed by atoms with Crippen molar-refractivity contribution in [2.45, 2.75) is 45.1 Å². The molecule has 94 valence electrons. The maximum atomic E-state index is 11.0. The number of carbonyl (C=O) groups is 1. The van der Waals surface area contributed by atoms with E-state index in [4.69, 9.17) is 14.9 Å². The van der Waals surface area contributed by atoms with Crippen molar-refractivity contribution in [3.05, 3.63) is 12.2 Å². The smallest absolute Gasteiger partial charge is 0.333 e. The first-order valence-corrected chi connectivity index (χ1v) is 5.69. The van der Waals surface area contributed by atoms with Crippen LogP contribution in [-0.2, 0) is 9.53 Å². The Morgan fingerprint density at radius 2 is 1.94 bits per heavy atom. The van der Waals surface area contributed by atoms with Crippen LogP contribution in [0.25, 0.3) is 0 Å². The van der Waals surface area contributed by atoms with Crippen LogP contribution in [0.5, 0.6) is 0 Å². The molecule has 0 heterocycles. The molecule has 4 nitrogen and oxygen atoms in total. The van der Waals surface area contributed by atoms with Gasteiger partial charge in [-0.25, -0.2) is 4.79 Å². The number of aliphatic hydroxyl groups excluding tert-OH is 2. The highest BCUT2D eigenvalue weighted by Crippen LogP contribution is 2.06. The number of rotatable bonds is 9. The Bertz CT molecular complexity index is 213. The molecule has 0 spiro atoms. The summed E-state index contributed by atoms with van der Waals surface area (Å²) in [5.41, 5.74) is 0.422. The van der Waals surface area contributed by atoms with Gasteiger partial charge in [0.1, 0.15) is 0 Å². The van der Waals surface area contributed by atoms with E-state index >= 15 is 0 Å². The molecule has 0 aromatic carbocycles. The molecule has 0 aromatic heterocycles. The maximum absolute atomic E-state index is 11.0. The van der Waals surface area contributed by atoms with E-state index in [0.717, 1.165) is 25.7 Å². The molecule has 4 heteroatoms. The molecule has 0 fully saturated rings. The summed E-state index contributed by atoms with van der Waals surface area (Å²) in [6, 6.07) is 0. The number of aliphatic hydroxyl groups is 2. The minimum atomic E-state index is -0.596. The average Bonchev–Trinajstić information content (AvgIpc) is 2.26. The molecule has 1 unspecified atom stereocenters. The number of hydrogen-bond acceptors (Lipinski definition) is 4. The Balaban J connectivity index is 3.22. The van der Waals surface area contributed by atoms with Crippen LogP contribution in [-0.4, -0.2) is 35.5 Å². The Morgan fingerprint density at radius 1 is 1.31 bits per heavy atom. The van der Waals surface area contributed by atoms with Gasteiger partial charge in [-0.15, -0.1) is 0 Å². The molecule has 0 aliphatic carbocycles. The third-order valence-electron chi connectivity index (χ3n) is 2.22. The molecule has 0 radical (unpaired) electrons. The monoisotopic (exact) mass is 230 g/mol. The van der Waals surface area contributed by atoms with Crippen molar-refractivity contribution in [1.29, 1.82) is 0 Å². The van der Waals surface area contributed by atoms with Crippen molar-refractivity contribution in [2.24, 2.45) is 0 Å². The van der Waals surface area contributed by atoms with Crippen LogP contribution in [0.4, 0.5) is 0 Å². The van der Waals surface area contributed by atoms with E-state index in [1.165, 1.54) is 0 Å². The fraction of sp³-hybridized carbons (Fsp3) is 0.750. The highest BCUT2D eigenvalue weighted by atomic mass is 16.5. The Hall–Kier alpha value is -0.870. The lowest BCUT2D eigenvalue weighted by Crippen LogP contribution is -2.11. The van der Waals surface area contributed by atoms with Gasteiger partial charge in [-0.1, -0.05) is 25.8 Å². The standard InChI is InChI=1S/C12H22O4/c1-10(2)12(15)16-8-6-4-3-5-7-11(14)9-13/h11,13-14H,1,3-9H2,2H3. The maximum Gasteiger partial charge on any atom is 0.333 e. The van der Waals surface area contributed by atoms with Gasteiger partial charge in [-0.3, -0.25) is 0 Å². The van der Waals surface area contributed by atoms with Crippen LogP contribution >= 0.6 is 0 Å². The second-order valence-electron chi connectivity index (χ2n) is 3.96. The largest absolute Gasteiger partial charge is 0.462 e. The van der Waals surface area contributed by atoms with E-state index < -0.39 is 6.10 Å². The van der Waals surface area contributed by atoms with Gasteiger partial charge >= 0.3 is 5.97 Å². The molecular formula is C12H22O4. The Morgan fingerprint density at radius 3 is 2.50 bits per heavy atom. The normalized spacial score (nSPS) is 12.2. The van der Waals surface area contributed by atoms with Gasteiger partial charge in [0.05, 0.1) is 19.3 Å². The van der Waals surface area contributed by atoms with Crippen molar-refractivity contribution in [1.82, 2.24) is 0 Å². The van der Waals surface area contributed by atoms with Gasteiger partial charge in [0, 0.05) is 5.57 Å². The Kier molecular flexibility index (Phi) is 8.85. The van der Waals surface area contributed by atoms with Gasteiger partial charge in [-0.2, -0.15) is 0 Å². The van der Waals surface area contributed by atoms with Crippen LogP contribution in [0, 0.1) is 0 Å². The summed E-state index contributed by atoms with van der Waals surface area (Å²) in [5.74, 6) is -0.337. The van der Waals surface area contributed by atoms with Crippen molar-refractivity contribution >= 4 is 5.97 Å². The van der Waals surface area contributed by atoms with E-state index in [0.29, 0.717) is 18.6 Å². The van der Waals surface area contributed by atoms with Gasteiger partial charge in [0.15, 0.2) is 0 Å². The second-order valence-corrected chi connectivity index (χ2v) is 3.96. The Labute approximate surface area is 96.9 Å². The minimum Gasteiger partial charge on any atom is -0.462 e. The van der Waals surface area contributed by atoms with Crippen LogP contribution < -0.4 is 0 Å². The van der Waals surface area contributed by atoms with Crippen LogP contribution in [0.3, 0.4) is 0 Å². The zero-order chi connectivity index (χ0) is 12.4. The zero-order valence-electron chi connectivity index (χ0n) is 9.95. The fourth-order valence-electron chi connectivity index (χ4n) is 1.21. The van der Waals surface area contributed by atoms with Crippen molar-refractivity contribution in [3.63, 3.8) is 0 Å².